The first-order chi connectivity index (χ1) is 44.9. The molecular weight excluding hydrogens is 1220 g/mol. The van der Waals surface area contributed by atoms with Crippen LogP contribution in [0.2, 0.25) is 0 Å². The summed E-state index contributed by atoms with van der Waals surface area (Å²) in [6.07, 6.45) is 53.1. The van der Waals surface area contributed by atoms with Crippen molar-refractivity contribution in [3.8, 4) is 0 Å². The van der Waals surface area contributed by atoms with E-state index in [9.17, 15) is 43.2 Å². The quantitative estimate of drug-likeness (QED) is 0.0222. The molecule has 3 unspecified atom stereocenters. The number of esters is 4. The second kappa shape index (κ2) is 66.0. The van der Waals surface area contributed by atoms with E-state index in [4.69, 9.17) is 37.0 Å². The predicted octanol–water partition coefficient (Wildman–Crippen LogP) is 21.6. The van der Waals surface area contributed by atoms with E-state index in [1.807, 2.05) is 0 Å². The number of hydrogen-bond acceptors (Lipinski definition) is 15. The summed E-state index contributed by atoms with van der Waals surface area (Å²) in [5, 5.41) is 10.6. The van der Waals surface area contributed by atoms with Gasteiger partial charge in [0.1, 0.15) is 19.3 Å². The molecule has 0 radical (unpaired) electrons. The highest BCUT2D eigenvalue weighted by atomic mass is 31.2. The molecule has 0 aromatic carbocycles. The van der Waals surface area contributed by atoms with Gasteiger partial charge in [0.05, 0.1) is 26.4 Å². The van der Waals surface area contributed by atoms with Gasteiger partial charge in [-0.25, -0.2) is 9.13 Å². The maximum Gasteiger partial charge on any atom is 0.472 e. The Morgan fingerprint density at radius 2 is 0.548 bits per heavy atom. The van der Waals surface area contributed by atoms with Crippen molar-refractivity contribution in [3.63, 3.8) is 0 Å². The van der Waals surface area contributed by atoms with Crippen LogP contribution in [0.5, 0.6) is 0 Å². The molecule has 3 N–H and O–H groups in total. The molecule has 0 amide bonds. The monoisotopic (exact) mass is 1370 g/mol. The fourth-order valence-corrected chi connectivity index (χ4v) is 12.8. The summed E-state index contributed by atoms with van der Waals surface area (Å²) >= 11 is 0. The van der Waals surface area contributed by atoms with Crippen LogP contribution in [0.4, 0.5) is 0 Å². The number of unbranched alkanes of at least 4 members (excludes halogenated alkanes) is 42. The van der Waals surface area contributed by atoms with Gasteiger partial charge < -0.3 is 33.8 Å². The number of phosphoric ester groups is 2. The molecule has 17 nitrogen and oxygen atoms in total. The molecule has 0 aliphatic carbocycles. The van der Waals surface area contributed by atoms with E-state index in [1.165, 1.54) is 193 Å². The summed E-state index contributed by atoms with van der Waals surface area (Å²) in [6, 6.07) is 0. The van der Waals surface area contributed by atoms with Crippen molar-refractivity contribution in [1.29, 1.82) is 0 Å². The average Bonchev–Trinajstić information content (AvgIpc) is 1.83. The highest BCUT2D eigenvalue weighted by Crippen LogP contribution is 2.45. The van der Waals surface area contributed by atoms with Crippen LogP contribution >= 0.6 is 15.6 Å². The highest BCUT2D eigenvalue weighted by molar-refractivity contribution is 7.47. The van der Waals surface area contributed by atoms with Crippen LogP contribution in [-0.4, -0.2) is 96.7 Å². The summed E-state index contributed by atoms with van der Waals surface area (Å²) < 4.78 is 68.2. The number of phosphoric acid groups is 2. The molecular formula is C74H144O17P2. The van der Waals surface area contributed by atoms with Gasteiger partial charge in [-0.3, -0.25) is 37.3 Å². The lowest BCUT2D eigenvalue weighted by molar-refractivity contribution is -0.161. The Kier molecular flexibility index (Phi) is 64.6. The fraction of sp³-hybridized carbons (Fsp3) is 0.946. The first-order valence-corrected chi connectivity index (χ1v) is 41.5. The van der Waals surface area contributed by atoms with Crippen molar-refractivity contribution in [2.45, 2.75) is 400 Å². The topological polar surface area (TPSA) is 237 Å². The molecule has 0 spiro atoms. The van der Waals surface area contributed by atoms with Gasteiger partial charge in [-0.2, -0.15) is 0 Å². The fourth-order valence-electron chi connectivity index (χ4n) is 11.3. The number of ether oxygens (including phenoxy) is 4. The Morgan fingerprint density at radius 1 is 0.312 bits per heavy atom. The lowest BCUT2D eigenvalue weighted by atomic mass is 9.99. The van der Waals surface area contributed by atoms with Crippen molar-refractivity contribution in [2.24, 2.45) is 11.8 Å². The van der Waals surface area contributed by atoms with E-state index in [-0.39, 0.29) is 25.7 Å². The van der Waals surface area contributed by atoms with Crippen LogP contribution in [0.15, 0.2) is 0 Å². The van der Waals surface area contributed by atoms with Crippen LogP contribution in [0.1, 0.15) is 382 Å². The second-order valence-corrected chi connectivity index (χ2v) is 30.3. The van der Waals surface area contributed by atoms with Crippen LogP contribution in [0.25, 0.3) is 0 Å². The van der Waals surface area contributed by atoms with Crippen LogP contribution < -0.4 is 0 Å². The minimum Gasteiger partial charge on any atom is -0.462 e. The smallest absolute Gasteiger partial charge is 0.462 e. The van der Waals surface area contributed by atoms with Gasteiger partial charge in [0, 0.05) is 25.7 Å². The van der Waals surface area contributed by atoms with Gasteiger partial charge in [0.2, 0.25) is 0 Å². The van der Waals surface area contributed by atoms with Gasteiger partial charge in [-0.1, -0.05) is 330 Å². The molecule has 0 saturated heterocycles. The molecule has 19 heteroatoms. The molecule has 0 aliphatic heterocycles. The van der Waals surface area contributed by atoms with Crippen molar-refractivity contribution >= 4 is 39.5 Å². The zero-order valence-corrected chi connectivity index (χ0v) is 62.3. The summed E-state index contributed by atoms with van der Waals surface area (Å²) in [4.78, 5) is 72.5. The zero-order chi connectivity index (χ0) is 68.6. The molecule has 0 aliphatic rings. The number of rotatable bonds is 73. The van der Waals surface area contributed by atoms with E-state index in [1.54, 1.807) is 0 Å². The first-order valence-electron chi connectivity index (χ1n) is 38.5. The Morgan fingerprint density at radius 3 is 0.817 bits per heavy atom. The third kappa shape index (κ3) is 67.0. The Bertz CT molecular complexity index is 1810. The summed E-state index contributed by atoms with van der Waals surface area (Å²) in [6.45, 7) is 9.53. The minimum absolute atomic E-state index is 0.105. The number of aliphatic hydroxyl groups is 1. The SMILES string of the molecule is CCCCCCCCCCCCCCCCCCCCCC(=O)O[C@H](COC(=O)CCCCCCCCCCCCCCC(C)C)COP(=O)(O)OC[C@@H](O)COP(=O)(O)OC[C@@H](COC(=O)CCCCCCC)OC(=O)CCCCCCCCCCCCC(C)CC. The van der Waals surface area contributed by atoms with E-state index >= 15 is 0 Å². The average molecular weight is 1370 g/mol. The Hall–Kier alpha value is -1.94. The van der Waals surface area contributed by atoms with Crippen LogP contribution in [-0.2, 0) is 65.4 Å². The van der Waals surface area contributed by atoms with Crippen molar-refractivity contribution in [1.82, 2.24) is 0 Å². The number of carbonyl (C=O) groups is 4. The highest BCUT2D eigenvalue weighted by Gasteiger charge is 2.30. The third-order valence-electron chi connectivity index (χ3n) is 17.6. The lowest BCUT2D eigenvalue weighted by Gasteiger charge is -2.21. The maximum absolute atomic E-state index is 13.1. The molecule has 6 atom stereocenters. The van der Waals surface area contributed by atoms with Crippen molar-refractivity contribution in [2.75, 3.05) is 39.6 Å². The number of aliphatic hydroxyl groups excluding tert-OH is 1. The van der Waals surface area contributed by atoms with Gasteiger partial charge in [0.15, 0.2) is 12.2 Å². The van der Waals surface area contributed by atoms with E-state index in [0.717, 1.165) is 108 Å². The molecule has 0 aromatic rings. The number of carbonyl (C=O) groups excluding carboxylic acids is 4. The Labute approximate surface area is 568 Å². The molecule has 552 valence electrons. The summed E-state index contributed by atoms with van der Waals surface area (Å²) in [7, 11) is -9.90. The van der Waals surface area contributed by atoms with Gasteiger partial charge in [0.25, 0.3) is 0 Å². The standard InChI is InChI=1S/C74H144O17P2/c1-7-10-12-14-15-16-17-18-19-20-21-22-23-24-29-35-40-46-52-58-74(79)91-70(63-85-72(77)57-51-45-39-34-28-26-25-27-32-37-43-48-54-66(4)5)65-89-93(82,83)87-61-68(75)60-86-92(80,81)88-64-69(62-84-71(76)56-50-42-13-11-8-2)90-73(78)59-53-47-41-36-31-30-33-38-44-49-55-67(6)9-3/h66-70,75H,7-65H2,1-6H3,(H,80,81)(H,82,83)/t67?,68-,69+,70+/m0/s1. The van der Waals surface area contributed by atoms with E-state index < -0.39 is 97.5 Å². The van der Waals surface area contributed by atoms with E-state index in [0.29, 0.717) is 25.7 Å². The summed E-state index contributed by atoms with van der Waals surface area (Å²) in [5.41, 5.74) is 0. The maximum atomic E-state index is 13.1. The largest absolute Gasteiger partial charge is 0.472 e. The molecule has 93 heavy (non-hydrogen) atoms. The third-order valence-corrected chi connectivity index (χ3v) is 19.5. The van der Waals surface area contributed by atoms with Crippen molar-refractivity contribution < 1.29 is 80.2 Å². The molecule has 0 saturated carbocycles. The van der Waals surface area contributed by atoms with Gasteiger partial charge >= 0.3 is 39.5 Å². The minimum atomic E-state index is -4.95. The Balaban J connectivity index is 5.15. The predicted molar refractivity (Wildman–Crippen MR) is 377 cm³/mol. The van der Waals surface area contributed by atoms with Gasteiger partial charge in [-0.15, -0.1) is 0 Å². The molecule has 0 bridgehead atoms. The molecule has 0 rings (SSSR count). The zero-order valence-electron chi connectivity index (χ0n) is 60.6. The van der Waals surface area contributed by atoms with Crippen LogP contribution in [0.3, 0.4) is 0 Å². The van der Waals surface area contributed by atoms with Crippen molar-refractivity contribution in [3.05, 3.63) is 0 Å². The molecule has 0 aromatic heterocycles. The first kappa shape index (κ1) is 91.1. The lowest BCUT2D eigenvalue weighted by Crippen LogP contribution is -2.30. The van der Waals surface area contributed by atoms with Crippen LogP contribution in [0, 0.1) is 11.8 Å². The normalized spacial score (nSPS) is 14.3. The second-order valence-electron chi connectivity index (χ2n) is 27.4. The summed E-state index contributed by atoms with van der Waals surface area (Å²) in [5.74, 6) is -0.544. The van der Waals surface area contributed by atoms with Gasteiger partial charge in [-0.05, 0) is 37.5 Å². The molecule has 0 heterocycles. The number of hydrogen-bond donors (Lipinski definition) is 3. The van der Waals surface area contributed by atoms with E-state index in [2.05, 4.69) is 41.5 Å². The molecule has 0 fully saturated rings.